The van der Waals surface area contributed by atoms with E-state index in [1.807, 2.05) is 0 Å². The van der Waals surface area contributed by atoms with E-state index in [4.69, 9.17) is 5.11 Å². The molecule has 0 saturated carbocycles. The fourth-order valence-electron chi connectivity index (χ4n) is 1.37. The molecule has 1 atom stereocenters. The van der Waals surface area contributed by atoms with Crippen molar-refractivity contribution in [1.29, 1.82) is 0 Å². The van der Waals surface area contributed by atoms with Gasteiger partial charge in [0.2, 0.25) is 9.84 Å². The van der Waals surface area contributed by atoms with E-state index in [0.717, 1.165) is 19.2 Å². The molecule has 112 valence electrons. The van der Waals surface area contributed by atoms with Crippen molar-refractivity contribution < 1.29 is 31.8 Å². The van der Waals surface area contributed by atoms with Crippen LogP contribution in [0.3, 0.4) is 0 Å². The first kappa shape index (κ1) is 16.3. The van der Waals surface area contributed by atoms with E-state index in [1.54, 1.807) is 0 Å². The molecule has 0 spiro atoms. The molecule has 0 aliphatic carbocycles. The number of nitrogens with one attached hydrogen (secondary N) is 1. The Morgan fingerprint density at radius 1 is 1.35 bits per heavy atom. The van der Waals surface area contributed by atoms with Crippen LogP contribution in [0.25, 0.3) is 0 Å². The van der Waals surface area contributed by atoms with Gasteiger partial charge in [0, 0.05) is 5.69 Å². The van der Waals surface area contributed by atoms with Crippen LogP contribution in [-0.2, 0) is 19.4 Å². The van der Waals surface area contributed by atoms with Gasteiger partial charge in [0.1, 0.15) is 6.04 Å². The normalized spacial score (nSPS) is 13.1. The van der Waals surface area contributed by atoms with Gasteiger partial charge in [-0.25, -0.2) is 13.2 Å². The number of esters is 1. The minimum Gasteiger partial charge on any atom is -0.467 e. The Morgan fingerprint density at radius 3 is 2.30 bits per heavy atom. The highest BCUT2D eigenvalue weighted by atomic mass is 32.2. The molecule has 0 saturated heterocycles. The van der Waals surface area contributed by atoms with Crippen LogP contribution in [0.1, 0.15) is 0 Å². The van der Waals surface area contributed by atoms with Crippen molar-refractivity contribution in [2.24, 2.45) is 0 Å². The molecule has 0 radical (unpaired) electrons. The Bertz CT molecular complexity index is 559. The first-order chi connectivity index (χ1) is 9.32. The summed E-state index contributed by atoms with van der Waals surface area (Å²) in [4.78, 5) is 10.7. The van der Waals surface area contributed by atoms with Crippen LogP contribution in [0, 0.1) is 0 Å². The molecule has 0 bridgehead atoms. The Hall–Kier alpha value is -1.74. The van der Waals surface area contributed by atoms with Crippen molar-refractivity contribution in [3.05, 3.63) is 24.3 Å². The van der Waals surface area contributed by atoms with Gasteiger partial charge in [-0.1, -0.05) is 0 Å². The standard InChI is InChI=1S/C11H13F2NO5S/c1-19-10(16)9(6-15)14-7-2-4-8(5-3-7)20(17,18)11(12)13/h2-5,9,11,14-15H,6H2,1H3. The topological polar surface area (TPSA) is 92.7 Å². The van der Waals surface area contributed by atoms with Gasteiger partial charge in [-0.3, -0.25) is 0 Å². The smallest absolute Gasteiger partial charge is 0.341 e. The maximum atomic E-state index is 12.3. The fourth-order valence-corrected chi connectivity index (χ4v) is 2.09. The van der Waals surface area contributed by atoms with Crippen molar-refractivity contribution >= 4 is 21.5 Å². The number of halogens is 2. The predicted molar refractivity (Wildman–Crippen MR) is 66.1 cm³/mol. The van der Waals surface area contributed by atoms with E-state index >= 15 is 0 Å². The quantitative estimate of drug-likeness (QED) is 0.749. The summed E-state index contributed by atoms with van der Waals surface area (Å²) in [6.45, 7) is -0.538. The lowest BCUT2D eigenvalue weighted by Gasteiger charge is -2.15. The highest BCUT2D eigenvalue weighted by Crippen LogP contribution is 2.20. The Balaban J connectivity index is 2.90. The van der Waals surface area contributed by atoms with Gasteiger partial charge in [0.05, 0.1) is 18.6 Å². The largest absolute Gasteiger partial charge is 0.467 e. The molecule has 0 aromatic heterocycles. The van der Waals surface area contributed by atoms with Crippen molar-refractivity contribution in [1.82, 2.24) is 0 Å². The zero-order chi connectivity index (χ0) is 15.3. The molecule has 1 rings (SSSR count). The number of alkyl halides is 2. The van der Waals surface area contributed by atoms with Crippen LogP contribution in [0.2, 0.25) is 0 Å². The van der Waals surface area contributed by atoms with Crippen LogP contribution < -0.4 is 5.32 Å². The SMILES string of the molecule is COC(=O)C(CO)Nc1ccc(S(=O)(=O)C(F)F)cc1. The van der Waals surface area contributed by atoms with E-state index in [1.165, 1.54) is 12.1 Å². The number of carbonyl (C=O) groups excluding carboxylic acids is 1. The number of hydrogen-bond donors (Lipinski definition) is 2. The molecule has 0 amide bonds. The third-order valence-electron chi connectivity index (χ3n) is 2.43. The number of anilines is 1. The summed E-state index contributed by atoms with van der Waals surface area (Å²) in [5, 5.41) is 11.6. The number of ether oxygens (including phenoxy) is 1. The Labute approximate surface area is 114 Å². The van der Waals surface area contributed by atoms with Crippen LogP contribution in [0.15, 0.2) is 29.2 Å². The molecule has 0 aliphatic heterocycles. The second kappa shape index (κ2) is 6.62. The zero-order valence-electron chi connectivity index (χ0n) is 10.4. The number of aliphatic hydroxyl groups excluding tert-OH is 1. The van der Waals surface area contributed by atoms with Crippen molar-refractivity contribution in [3.63, 3.8) is 0 Å². The molecule has 9 heteroatoms. The summed E-state index contributed by atoms with van der Waals surface area (Å²) in [5.41, 5.74) is 0.280. The van der Waals surface area contributed by atoms with Crippen LogP contribution in [0.5, 0.6) is 0 Å². The Kier molecular flexibility index (Phi) is 5.40. The van der Waals surface area contributed by atoms with Gasteiger partial charge in [0.15, 0.2) is 0 Å². The van der Waals surface area contributed by atoms with Crippen molar-refractivity contribution in [2.75, 3.05) is 19.0 Å². The maximum Gasteiger partial charge on any atom is 0.341 e. The minimum absolute atomic E-state index is 0.280. The number of methoxy groups -OCH3 is 1. The van der Waals surface area contributed by atoms with Gasteiger partial charge in [0.25, 0.3) is 0 Å². The summed E-state index contributed by atoms with van der Waals surface area (Å²) in [6, 6.07) is 3.35. The molecule has 0 fully saturated rings. The number of aliphatic hydroxyl groups is 1. The van der Waals surface area contributed by atoms with Crippen LogP contribution >= 0.6 is 0 Å². The molecular weight excluding hydrogens is 296 g/mol. The summed E-state index contributed by atoms with van der Waals surface area (Å²) in [6.07, 6.45) is 0. The van der Waals surface area contributed by atoms with Gasteiger partial charge in [-0.2, -0.15) is 8.78 Å². The van der Waals surface area contributed by atoms with Crippen molar-refractivity contribution in [3.8, 4) is 0 Å². The number of rotatable bonds is 6. The molecule has 0 heterocycles. The van der Waals surface area contributed by atoms with Gasteiger partial charge in [-0.05, 0) is 24.3 Å². The van der Waals surface area contributed by atoms with E-state index in [0.29, 0.717) is 0 Å². The summed E-state index contributed by atoms with van der Waals surface area (Å²) >= 11 is 0. The third kappa shape index (κ3) is 3.64. The highest BCUT2D eigenvalue weighted by molar-refractivity contribution is 7.91. The van der Waals surface area contributed by atoms with Crippen LogP contribution in [0.4, 0.5) is 14.5 Å². The monoisotopic (exact) mass is 309 g/mol. The third-order valence-corrected chi connectivity index (χ3v) is 3.82. The van der Waals surface area contributed by atoms with E-state index in [2.05, 4.69) is 10.1 Å². The minimum atomic E-state index is -4.65. The maximum absolute atomic E-state index is 12.3. The summed E-state index contributed by atoms with van der Waals surface area (Å²) < 4.78 is 51.4. The van der Waals surface area contributed by atoms with Crippen LogP contribution in [-0.4, -0.2) is 45.0 Å². The predicted octanol–water partition coefficient (Wildman–Crippen LogP) is 0.629. The number of hydrogen-bond acceptors (Lipinski definition) is 6. The molecule has 2 N–H and O–H groups in total. The Morgan fingerprint density at radius 2 is 1.90 bits per heavy atom. The van der Waals surface area contributed by atoms with Gasteiger partial charge >= 0.3 is 11.7 Å². The van der Waals surface area contributed by atoms with E-state index in [-0.39, 0.29) is 5.69 Å². The lowest BCUT2D eigenvalue weighted by atomic mass is 10.2. The van der Waals surface area contributed by atoms with E-state index < -0.39 is 39.1 Å². The molecule has 1 unspecified atom stereocenters. The molecule has 1 aromatic carbocycles. The molecule has 20 heavy (non-hydrogen) atoms. The zero-order valence-corrected chi connectivity index (χ0v) is 11.2. The second-order valence-corrected chi connectivity index (χ2v) is 5.65. The van der Waals surface area contributed by atoms with E-state index in [9.17, 15) is 22.0 Å². The molecule has 1 aromatic rings. The molecule has 6 nitrogen and oxygen atoms in total. The lowest BCUT2D eigenvalue weighted by Crippen LogP contribution is -2.34. The highest BCUT2D eigenvalue weighted by Gasteiger charge is 2.26. The first-order valence-corrected chi connectivity index (χ1v) is 6.95. The first-order valence-electron chi connectivity index (χ1n) is 5.40. The summed E-state index contributed by atoms with van der Waals surface area (Å²) in [7, 11) is -3.51. The van der Waals surface area contributed by atoms with Gasteiger partial charge < -0.3 is 15.2 Å². The average Bonchev–Trinajstić information content (AvgIpc) is 2.44. The summed E-state index contributed by atoms with van der Waals surface area (Å²) in [5.74, 6) is -4.21. The van der Waals surface area contributed by atoms with Crippen molar-refractivity contribution in [2.45, 2.75) is 16.7 Å². The average molecular weight is 309 g/mol. The lowest BCUT2D eigenvalue weighted by molar-refractivity contribution is -0.142. The molecular formula is C11H13F2NO5S. The number of carbonyl (C=O) groups is 1. The number of sulfone groups is 1. The van der Waals surface area contributed by atoms with Gasteiger partial charge in [-0.15, -0.1) is 0 Å². The fraction of sp³-hybridized carbons (Fsp3) is 0.364. The number of benzene rings is 1. The molecule has 0 aliphatic rings. The second-order valence-electron chi connectivity index (χ2n) is 3.73.